The monoisotopic (exact) mass is 294 g/mol. The fraction of sp³-hybridized carbons (Fsp3) is 0.250. The van der Waals surface area contributed by atoms with Gasteiger partial charge >= 0.3 is 4.87 Å². The third kappa shape index (κ3) is 2.41. The molecule has 3 rings (SSSR count). The molecule has 0 radical (unpaired) electrons. The number of fused-ring (bicyclic) bond motifs is 1. The molecule has 5 nitrogen and oxygen atoms in total. The Morgan fingerprint density at radius 1 is 1.47 bits per heavy atom. The molecule has 3 heterocycles. The first kappa shape index (κ1) is 12.4. The SMILES string of the molecule is O=c1[nH]c(Cn2c(CCCl)nc3cnccc32)cs1. The van der Waals surface area contributed by atoms with E-state index in [4.69, 9.17) is 11.6 Å². The number of aryl methyl sites for hydroxylation is 1. The summed E-state index contributed by atoms with van der Waals surface area (Å²) in [5, 5.41) is 1.83. The molecule has 0 saturated heterocycles. The topological polar surface area (TPSA) is 63.6 Å². The molecule has 0 unspecified atom stereocenters. The lowest BCUT2D eigenvalue weighted by Gasteiger charge is -2.06. The first-order valence-electron chi connectivity index (χ1n) is 5.79. The summed E-state index contributed by atoms with van der Waals surface area (Å²) < 4.78 is 2.07. The molecule has 0 amide bonds. The van der Waals surface area contributed by atoms with Crippen molar-refractivity contribution in [2.75, 3.05) is 5.88 Å². The predicted molar refractivity (Wildman–Crippen MR) is 76.0 cm³/mol. The van der Waals surface area contributed by atoms with Gasteiger partial charge in [0, 0.05) is 29.6 Å². The second-order valence-electron chi connectivity index (χ2n) is 4.09. The smallest absolute Gasteiger partial charge is 0.304 e. The zero-order valence-electron chi connectivity index (χ0n) is 9.97. The Balaban J connectivity index is 2.08. The minimum Gasteiger partial charge on any atom is -0.322 e. The number of rotatable bonds is 4. The molecule has 98 valence electrons. The van der Waals surface area contributed by atoms with Crippen LogP contribution in [0.15, 0.2) is 28.6 Å². The van der Waals surface area contributed by atoms with Gasteiger partial charge in [0.15, 0.2) is 0 Å². The number of alkyl halides is 1. The van der Waals surface area contributed by atoms with Crippen molar-refractivity contribution in [2.45, 2.75) is 13.0 Å². The molecule has 3 aromatic heterocycles. The predicted octanol–water partition coefficient (Wildman–Crippen LogP) is 2.01. The second kappa shape index (κ2) is 5.14. The van der Waals surface area contributed by atoms with Gasteiger partial charge in [-0.15, -0.1) is 11.6 Å². The standard InChI is InChI=1S/C12H11ClN4OS/c13-3-1-11-16-9-5-14-4-2-10(9)17(11)6-8-7-19-12(18)15-8/h2,4-5,7H,1,3,6H2,(H,15,18). The lowest BCUT2D eigenvalue weighted by molar-refractivity contribution is 0.740. The van der Waals surface area contributed by atoms with Crippen LogP contribution in [0, 0.1) is 0 Å². The maximum Gasteiger partial charge on any atom is 0.304 e. The summed E-state index contributed by atoms with van der Waals surface area (Å²) in [7, 11) is 0. The number of halogens is 1. The van der Waals surface area contributed by atoms with Crippen LogP contribution < -0.4 is 4.87 Å². The third-order valence-electron chi connectivity index (χ3n) is 2.85. The van der Waals surface area contributed by atoms with E-state index in [1.54, 1.807) is 12.4 Å². The van der Waals surface area contributed by atoms with E-state index in [1.165, 1.54) is 11.3 Å². The van der Waals surface area contributed by atoms with Gasteiger partial charge in [-0.25, -0.2) is 4.98 Å². The van der Waals surface area contributed by atoms with Gasteiger partial charge < -0.3 is 9.55 Å². The lowest BCUT2D eigenvalue weighted by atomic mass is 10.3. The number of aromatic amines is 1. The highest BCUT2D eigenvalue weighted by atomic mass is 35.5. The van der Waals surface area contributed by atoms with Crippen LogP contribution in [0.2, 0.25) is 0 Å². The van der Waals surface area contributed by atoms with Crippen LogP contribution >= 0.6 is 22.9 Å². The Morgan fingerprint density at radius 3 is 3.11 bits per heavy atom. The van der Waals surface area contributed by atoms with Crippen molar-refractivity contribution < 1.29 is 0 Å². The zero-order chi connectivity index (χ0) is 13.2. The number of nitrogens with one attached hydrogen (secondary N) is 1. The first-order valence-corrected chi connectivity index (χ1v) is 7.21. The Bertz CT molecular complexity index is 760. The van der Waals surface area contributed by atoms with Crippen molar-refractivity contribution >= 4 is 34.0 Å². The summed E-state index contributed by atoms with van der Waals surface area (Å²) in [6.45, 7) is 0.589. The summed E-state index contributed by atoms with van der Waals surface area (Å²) in [4.78, 5) is 22.6. The molecule has 19 heavy (non-hydrogen) atoms. The van der Waals surface area contributed by atoms with Gasteiger partial charge in [-0.3, -0.25) is 9.78 Å². The molecule has 1 N–H and O–H groups in total. The Morgan fingerprint density at radius 2 is 2.37 bits per heavy atom. The van der Waals surface area contributed by atoms with E-state index in [2.05, 4.69) is 19.5 Å². The van der Waals surface area contributed by atoms with Gasteiger partial charge in [-0.2, -0.15) is 0 Å². The van der Waals surface area contributed by atoms with E-state index in [0.717, 1.165) is 22.6 Å². The quantitative estimate of drug-likeness (QED) is 0.749. The average Bonchev–Trinajstić information content (AvgIpc) is 2.96. The number of pyridine rings is 1. The van der Waals surface area contributed by atoms with Gasteiger partial charge in [0.2, 0.25) is 0 Å². The van der Waals surface area contributed by atoms with Crippen LogP contribution in [0.1, 0.15) is 11.5 Å². The minimum atomic E-state index is -0.0417. The summed E-state index contributed by atoms with van der Waals surface area (Å²) >= 11 is 6.99. The molecular formula is C12H11ClN4OS. The van der Waals surface area contributed by atoms with Crippen LogP contribution in [0.3, 0.4) is 0 Å². The molecule has 0 aromatic carbocycles. The van der Waals surface area contributed by atoms with E-state index in [9.17, 15) is 4.79 Å². The van der Waals surface area contributed by atoms with Crippen molar-refractivity contribution in [1.82, 2.24) is 19.5 Å². The molecule has 0 aliphatic heterocycles. The van der Waals surface area contributed by atoms with Crippen LogP contribution in [0.4, 0.5) is 0 Å². The van der Waals surface area contributed by atoms with Gasteiger partial charge in [-0.1, -0.05) is 11.3 Å². The molecule has 0 saturated carbocycles. The van der Waals surface area contributed by atoms with Crippen LogP contribution in [-0.2, 0) is 13.0 Å². The third-order valence-corrected chi connectivity index (χ3v) is 3.75. The highest BCUT2D eigenvalue weighted by molar-refractivity contribution is 7.07. The van der Waals surface area contributed by atoms with Gasteiger partial charge in [0.1, 0.15) is 11.3 Å². The molecule has 0 aliphatic rings. The Kier molecular flexibility index (Phi) is 3.35. The fourth-order valence-electron chi connectivity index (χ4n) is 2.05. The van der Waals surface area contributed by atoms with Crippen LogP contribution in [-0.4, -0.2) is 25.4 Å². The van der Waals surface area contributed by atoms with Crippen molar-refractivity contribution in [3.05, 3.63) is 45.0 Å². The minimum absolute atomic E-state index is 0.0417. The van der Waals surface area contributed by atoms with E-state index in [0.29, 0.717) is 18.8 Å². The van der Waals surface area contributed by atoms with Crippen LogP contribution in [0.5, 0.6) is 0 Å². The van der Waals surface area contributed by atoms with Gasteiger partial charge in [0.05, 0.1) is 18.3 Å². The Hall–Kier alpha value is -1.66. The Labute approximate surface area is 117 Å². The zero-order valence-corrected chi connectivity index (χ0v) is 11.5. The number of thiazole rings is 1. The summed E-state index contributed by atoms with van der Waals surface area (Å²) in [5.74, 6) is 1.42. The van der Waals surface area contributed by atoms with Crippen molar-refractivity contribution in [3.8, 4) is 0 Å². The summed E-state index contributed by atoms with van der Waals surface area (Å²) in [6, 6.07) is 1.92. The number of hydrogen-bond acceptors (Lipinski definition) is 4. The maximum absolute atomic E-state index is 11.2. The first-order chi connectivity index (χ1) is 9.28. The second-order valence-corrected chi connectivity index (χ2v) is 5.31. The normalized spacial score (nSPS) is 11.2. The number of imidazole rings is 1. The average molecular weight is 295 g/mol. The molecule has 0 bridgehead atoms. The van der Waals surface area contributed by atoms with E-state index in [-0.39, 0.29) is 4.87 Å². The molecule has 7 heteroatoms. The van der Waals surface area contributed by atoms with Crippen molar-refractivity contribution in [2.24, 2.45) is 0 Å². The number of hydrogen-bond donors (Lipinski definition) is 1. The molecule has 3 aromatic rings. The van der Waals surface area contributed by atoms with Gasteiger partial charge in [0.25, 0.3) is 0 Å². The van der Waals surface area contributed by atoms with E-state index < -0.39 is 0 Å². The maximum atomic E-state index is 11.2. The highest BCUT2D eigenvalue weighted by Gasteiger charge is 2.11. The number of H-pyrrole nitrogens is 1. The largest absolute Gasteiger partial charge is 0.322 e. The number of aromatic nitrogens is 4. The number of nitrogens with zero attached hydrogens (tertiary/aromatic N) is 3. The lowest BCUT2D eigenvalue weighted by Crippen LogP contribution is -2.07. The fourth-order valence-corrected chi connectivity index (χ4v) is 2.79. The van der Waals surface area contributed by atoms with E-state index in [1.807, 2.05) is 11.4 Å². The molecule has 0 fully saturated rings. The summed E-state index contributed by atoms with van der Waals surface area (Å²) in [6.07, 6.45) is 4.16. The molecular weight excluding hydrogens is 284 g/mol. The molecule has 0 aliphatic carbocycles. The molecule has 0 atom stereocenters. The summed E-state index contributed by atoms with van der Waals surface area (Å²) in [5.41, 5.74) is 2.73. The van der Waals surface area contributed by atoms with Crippen LogP contribution in [0.25, 0.3) is 11.0 Å². The molecule has 0 spiro atoms. The van der Waals surface area contributed by atoms with Gasteiger partial charge in [-0.05, 0) is 6.07 Å². The van der Waals surface area contributed by atoms with E-state index >= 15 is 0 Å². The van der Waals surface area contributed by atoms with Crippen molar-refractivity contribution in [3.63, 3.8) is 0 Å². The highest BCUT2D eigenvalue weighted by Crippen LogP contribution is 2.17. The van der Waals surface area contributed by atoms with Crippen molar-refractivity contribution in [1.29, 1.82) is 0 Å².